The molecule has 1 aromatic rings. The van der Waals surface area contributed by atoms with Gasteiger partial charge in [0.2, 0.25) is 5.91 Å². The molecule has 0 fully saturated rings. The van der Waals surface area contributed by atoms with Crippen LogP contribution in [0.15, 0.2) is 18.2 Å². The van der Waals surface area contributed by atoms with Gasteiger partial charge < -0.3 is 20.9 Å². The number of rotatable bonds is 8. The normalized spacial score (nSPS) is 13.5. The van der Waals surface area contributed by atoms with E-state index >= 15 is 0 Å². The quantitative estimate of drug-likeness (QED) is 0.483. The van der Waals surface area contributed by atoms with Crippen molar-refractivity contribution in [3.05, 3.63) is 33.9 Å². The second-order valence-corrected chi connectivity index (χ2v) is 4.95. The van der Waals surface area contributed by atoms with Crippen LogP contribution in [-0.4, -0.2) is 41.8 Å². The molecule has 21 heavy (non-hydrogen) atoms. The molecular formula is C13H19N3O5. The number of carbonyl (C=O) groups excluding carboxylic acids is 1. The number of nitrogens with two attached hydrogens (primary N) is 1. The van der Waals surface area contributed by atoms with Gasteiger partial charge in [0.1, 0.15) is 5.69 Å². The summed E-state index contributed by atoms with van der Waals surface area (Å²) < 4.78 is 4.89. The van der Waals surface area contributed by atoms with Gasteiger partial charge >= 0.3 is 0 Å². The van der Waals surface area contributed by atoms with Crippen LogP contribution in [0.25, 0.3) is 0 Å². The maximum Gasteiger partial charge on any atom is 0.293 e. The van der Waals surface area contributed by atoms with Crippen molar-refractivity contribution in [3.8, 4) is 0 Å². The predicted octanol–water partition coefficient (Wildman–Crippen LogP) is 0.893. The zero-order chi connectivity index (χ0) is 16.0. The van der Waals surface area contributed by atoms with Gasteiger partial charge in [-0.05, 0) is 19.1 Å². The number of anilines is 1. The summed E-state index contributed by atoms with van der Waals surface area (Å²) in [5.74, 6) is -0.739. The van der Waals surface area contributed by atoms with Crippen molar-refractivity contribution in [1.82, 2.24) is 0 Å². The molecule has 0 saturated carbocycles. The summed E-state index contributed by atoms with van der Waals surface area (Å²) in [7, 11) is 1.52. The number of aliphatic hydroxyl groups is 1. The maximum atomic E-state index is 11.0. The van der Waals surface area contributed by atoms with Crippen molar-refractivity contribution in [2.24, 2.45) is 5.73 Å². The van der Waals surface area contributed by atoms with Crippen LogP contribution in [0.3, 0.4) is 0 Å². The molecule has 116 valence electrons. The molecule has 8 nitrogen and oxygen atoms in total. The van der Waals surface area contributed by atoms with Crippen LogP contribution in [0, 0.1) is 10.1 Å². The lowest BCUT2D eigenvalue weighted by atomic mass is 10.0. The Bertz CT molecular complexity index is 531. The summed E-state index contributed by atoms with van der Waals surface area (Å²) in [5.41, 5.74) is 4.01. The first kappa shape index (κ1) is 16.9. The van der Waals surface area contributed by atoms with Gasteiger partial charge in [-0.2, -0.15) is 0 Å². The van der Waals surface area contributed by atoms with E-state index < -0.39 is 16.4 Å². The van der Waals surface area contributed by atoms with Crippen LogP contribution < -0.4 is 11.1 Å². The molecule has 1 atom stereocenters. The minimum atomic E-state index is -1.08. The monoisotopic (exact) mass is 297 g/mol. The highest BCUT2D eigenvalue weighted by Gasteiger charge is 2.22. The fourth-order valence-corrected chi connectivity index (χ4v) is 1.68. The second kappa shape index (κ2) is 7.00. The highest BCUT2D eigenvalue weighted by Crippen LogP contribution is 2.26. The largest absolute Gasteiger partial charge is 0.388 e. The molecule has 0 aliphatic carbocycles. The van der Waals surface area contributed by atoms with E-state index in [0.29, 0.717) is 13.0 Å². The fourth-order valence-electron chi connectivity index (χ4n) is 1.68. The Labute approximate surface area is 122 Å². The van der Waals surface area contributed by atoms with E-state index in [1.54, 1.807) is 6.92 Å². The van der Waals surface area contributed by atoms with Crippen molar-refractivity contribution in [3.63, 3.8) is 0 Å². The Hall–Kier alpha value is -2.19. The summed E-state index contributed by atoms with van der Waals surface area (Å²) >= 11 is 0. The zero-order valence-corrected chi connectivity index (χ0v) is 12.0. The molecule has 4 N–H and O–H groups in total. The molecule has 0 radical (unpaired) electrons. The number of hydrogen-bond acceptors (Lipinski definition) is 6. The number of ether oxygens (including phenoxy) is 1. The summed E-state index contributed by atoms with van der Waals surface area (Å²) in [6, 6.07) is 3.89. The van der Waals surface area contributed by atoms with Gasteiger partial charge in [-0.15, -0.1) is 0 Å². The Balaban J connectivity index is 2.88. The Morgan fingerprint density at radius 3 is 2.76 bits per heavy atom. The third-order valence-corrected chi connectivity index (χ3v) is 2.98. The topological polar surface area (TPSA) is 128 Å². The summed E-state index contributed by atoms with van der Waals surface area (Å²) in [4.78, 5) is 21.5. The summed E-state index contributed by atoms with van der Waals surface area (Å²) in [5, 5.41) is 23.9. The molecule has 0 heterocycles. The first-order valence-electron chi connectivity index (χ1n) is 6.30. The van der Waals surface area contributed by atoms with Gasteiger partial charge in [-0.3, -0.25) is 14.9 Å². The molecule has 0 spiro atoms. The highest BCUT2D eigenvalue weighted by molar-refractivity contribution is 5.94. The molecule has 0 aliphatic rings. The van der Waals surface area contributed by atoms with E-state index in [4.69, 9.17) is 10.5 Å². The molecule has 1 aromatic carbocycles. The number of carbonyl (C=O) groups is 1. The number of nitrogens with one attached hydrogen (secondary N) is 1. The minimum Gasteiger partial charge on any atom is -0.388 e. The summed E-state index contributed by atoms with van der Waals surface area (Å²) in [6.45, 7) is 2.08. The van der Waals surface area contributed by atoms with Crippen LogP contribution in [-0.2, 0) is 4.74 Å². The number of hydrogen-bond donors (Lipinski definition) is 3. The standard InChI is InChI=1S/C13H19N3O5/c1-13(18,5-6-21-2)8-15-10-4-3-9(12(14)17)7-11(10)16(19)20/h3-4,7,15,18H,5-6,8H2,1-2H3,(H2,14,17). The van der Waals surface area contributed by atoms with Gasteiger partial charge in [0, 0.05) is 38.3 Å². The predicted molar refractivity (Wildman–Crippen MR) is 77.2 cm³/mol. The SMILES string of the molecule is COCCC(C)(O)CNc1ccc(C(N)=O)cc1[N+](=O)[O-]. The second-order valence-electron chi connectivity index (χ2n) is 4.95. The molecule has 1 unspecified atom stereocenters. The van der Waals surface area contributed by atoms with Crippen molar-refractivity contribution in [2.75, 3.05) is 25.6 Å². The number of nitrogens with zero attached hydrogens (tertiary/aromatic N) is 1. The molecule has 0 aromatic heterocycles. The van der Waals surface area contributed by atoms with E-state index in [-0.39, 0.29) is 23.5 Å². The highest BCUT2D eigenvalue weighted by atomic mass is 16.6. The van der Waals surface area contributed by atoms with E-state index in [9.17, 15) is 20.0 Å². The van der Waals surface area contributed by atoms with Crippen molar-refractivity contribution in [2.45, 2.75) is 18.9 Å². The van der Waals surface area contributed by atoms with Gasteiger partial charge in [-0.25, -0.2) is 0 Å². The van der Waals surface area contributed by atoms with Gasteiger partial charge in [0.05, 0.1) is 10.5 Å². The van der Waals surface area contributed by atoms with Crippen LogP contribution in [0.1, 0.15) is 23.7 Å². The maximum absolute atomic E-state index is 11.0. The lowest BCUT2D eigenvalue weighted by Crippen LogP contribution is -2.34. The Morgan fingerprint density at radius 1 is 1.57 bits per heavy atom. The number of methoxy groups -OCH3 is 1. The molecule has 0 aliphatic heterocycles. The van der Waals surface area contributed by atoms with Crippen LogP contribution in [0.5, 0.6) is 0 Å². The fraction of sp³-hybridized carbons (Fsp3) is 0.462. The number of benzene rings is 1. The number of nitro benzene ring substituents is 1. The van der Waals surface area contributed by atoms with E-state index in [1.165, 1.54) is 19.2 Å². The smallest absolute Gasteiger partial charge is 0.293 e. The van der Waals surface area contributed by atoms with Crippen LogP contribution >= 0.6 is 0 Å². The third kappa shape index (κ3) is 5.01. The van der Waals surface area contributed by atoms with Gasteiger partial charge in [-0.1, -0.05) is 0 Å². The first-order chi connectivity index (χ1) is 9.76. The molecule has 0 bridgehead atoms. The van der Waals surface area contributed by atoms with E-state index in [1.807, 2.05) is 0 Å². The average molecular weight is 297 g/mol. The van der Waals surface area contributed by atoms with Crippen molar-refractivity contribution >= 4 is 17.3 Å². The first-order valence-corrected chi connectivity index (χ1v) is 6.30. The van der Waals surface area contributed by atoms with Gasteiger partial charge in [0.15, 0.2) is 0 Å². The average Bonchev–Trinajstić information content (AvgIpc) is 2.42. The number of primary amides is 1. The van der Waals surface area contributed by atoms with Crippen LogP contribution in [0.2, 0.25) is 0 Å². The van der Waals surface area contributed by atoms with E-state index in [2.05, 4.69) is 5.32 Å². The number of amides is 1. The van der Waals surface area contributed by atoms with Crippen molar-refractivity contribution < 1.29 is 19.6 Å². The zero-order valence-electron chi connectivity index (χ0n) is 12.0. The Kier molecular flexibility index (Phi) is 5.62. The third-order valence-electron chi connectivity index (χ3n) is 2.98. The van der Waals surface area contributed by atoms with E-state index in [0.717, 1.165) is 6.07 Å². The van der Waals surface area contributed by atoms with Gasteiger partial charge in [0.25, 0.3) is 5.69 Å². The lowest BCUT2D eigenvalue weighted by molar-refractivity contribution is -0.384. The van der Waals surface area contributed by atoms with Crippen molar-refractivity contribution in [1.29, 1.82) is 0 Å². The lowest BCUT2D eigenvalue weighted by Gasteiger charge is -2.23. The Morgan fingerprint density at radius 2 is 2.24 bits per heavy atom. The molecular weight excluding hydrogens is 278 g/mol. The van der Waals surface area contributed by atoms with Crippen LogP contribution in [0.4, 0.5) is 11.4 Å². The number of nitro groups is 1. The minimum absolute atomic E-state index is 0.0541. The molecule has 0 saturated heterocycles. The molecule has 1 amide bonds. The summed E-state index contributed by atoms with van der Waals surface area (Å²) in [6.07, 6.45) is 0.379. The molecule has 8 heteroatoms. The molecule has 1 rings (SSSR count).